The maximum atomic E-state index is 12.4. The van der Waals surface area contributed by atoms with Crippen LogP contribution in [-0.2, 0) is 11.2 Å². The SMILES string of the molecule is O=C(NCC1COc2ccccc2C1)c1ccc(OCC2CCCO2)cc1. The highest BCUT2D eigenvalue weighted by atomic mass is 16.5. The second kappa shape index (κ2) is 8.44. The Hall–Kier alpha value is -2.53. The molecule has 0 spiro atoms. The van der Waals surface area contributed by atoms with Gasteiger partial charge in [0, 0.05) is 24.6 Å². The summed E-state index contributed by atoms with van der Waals surface area (Å²) in [6.07, 6.45) is 3.27. The number of nitrogens with one attached hydrogen (secondary N) is 1. The van der Waals surface area contributed by atoms with Gasteiger partial charge in [0.15, 0.2) is 0 Å². The zero-order valence-corrected chi connectivity index (χ0v) is 15.4. The van der Waals surface area contributed by atoms with Crippen LogP contribution < -0.4 is 14.8 Å². The van der Waals surface area contributed by atoms with Crippen molar-refractivity contribution in [2.45, 2.75) is 25.4 Å². The molecule has 1 fully saturated rings. The zero-order valence-electron chi connectivity index (χ0n) is 15.4. The van der Waals surface area contributed by atoms with Crippen molar-refractivity contribution in [3.63, 3.8) is 0 Å². The zero-order chi connectivity index (χ0) is 18.5. The molecule has 2 aliphatic rings. The van der Waals surface area contributed by atoms with Crippen LogP contribution in [-0.4, -0.2) is 38.4 Å². The molecule has 4 rings (SSSR count). The molecule has 0 radical (unpaired) electrons. The Labute approximate surface area is 159 Å². The topological polar surface area (TPSA) is 56.8 Å². The van der Waals surface area contributed by atoms with E-state index in [1.807, 2.05) is 30.3 Å². The number of hydrogen-bond donors (Lipinski definition) is 1. The number of rotatable bonds is 6. The molecule has 2 unspecified atom stereocenters. The number of amides is 1. The van der Waals surface area contributed by atoms with Gasteiger partial charge in [-0.25, -0.2) is 0 Å². The Kier molecular flexibility index (Phi) is 5.58. The molecule has 0 aliphatic carbocycles. The van der Waals surface area contributed by atoms with Crippen LogP contribution in [0.2, 0.25) is 0 Å². The molecular formula is C22H25NO4. The first-order valence-corrected chi connectivity index (χ1v) is 9.61. The molecule has 0 bridgehead atoms. The van der Waals surface area contributed by atoms with E-state index in [0.717, 1.165) is 37.4 Å². The molecule has 2 aliphatic heterocycles. The van der Waals surface area contributed by atoms with Crippen LogP contribution in [0.3, 0.4) is 0 Å². The molecule has 2 aromatic carbocycles. The van der Waals surface area contributed by atoms with Gasteiger partial charge in [0.25, 0.3) is 5.91 Å². The summed E-state index contributed by atoms with van der Waals surface area (Å²) in [6, 6.07) is 15.3. The molecule has 2 atom stereocenters. The largest absolute Gasteiger partial charge is 0.493 e. The Morgan fingerprint density at radius 2 is 2.00 bits per heavy atom. The van der Waals surface area contributed by atoms with E-state index in [1.54, 1.807) is 12.1 Å². The molecule has 0 saturated carbocycles. The first-order valence-electron chi connectivity index (χ1n) is 9.61. The number of carbonyl (C=O) groups excluding carboxylic acids is 1. The van der Waals surface area contributed by atoms with E-state index in [-0.39, 0.29) is 17.9 Å². The molecule has 1 saturated heterocycles. The fourth-order valence-electron chi connectivity index (χ4n) is 3.53. The number of benzene rings is 2. The number of ether oxygens (including phenoxy) is 3. The molecule has 5 nitrogen and oxygen atoms in total. The summed E-state index contributed by atoms with van der Waals surface area (Å²) in [5.41, 5.74) is 1.84. The van der Waals surface area contributed by atoms with E-state index in [9.17, 15) is 4.79 Å². The van der Waals surface area contributed by atoms with Crippen molar-refractivity contribution < 1.29 is 19.0 Å². The van der Waals surface area contributed by atoms with Crippen LogP contribution in [0.1, 0.15) is 28.8 Å². The van der Waals surface area contributed by atoms with E-state index in [2.05, 4.69) is 11.4 Å². The quantitative estimate of drug-likeness (QED) is 0.852. The van der Waals surface area contributed by atoms with Gasteiger partial charge in [-0.3, -0.25) is 4.79 Å². The summed E-state index contributed by atoms with van der Waals surface area (Å²) < 4.78 is 17.1. The number of carbonyl (C=O) groups is 1. The van der Waals surface area contributed by atoms with Gasteiger partial charge in [-0.2, -0.15) is 0 Å². The lowest BCUT2D eigenvalue weighted by Gasteiger charge is -2.25. The van der Waals surface area contributed by atoms with E-state index >= 15 is 0 Å². The first kappa shape index (κ1) is 17.9. The molecule has 1 amide bonds. The highest BCUT2D eigenvalue weighted by molar-refractivity contribution is 5.94. The Morgan fingerprint density at radius 3 is 2.81 bits per heavy atom. The predicted octanol–water partition coefficient (Wildman–Crippen LogP) is 3.23. The minimum Gasteiger partial charge on any atom is -0.493 e. The van der Waals surface area contributed by atoms with E-state index < -0.39 is 0 Å². The third-order valence-electron chi connectivity index (χ3n) is 5.08. The lowest BCUT2D eigenvalue weighted by atomic mass is 9.96. The molecule has 2 heterocycles. The lowest BCUT2D eigenvalue weighted by molar-refractivity contribution is 0.0679. The highest BCUT2D eigenvalue weighted by Gasteiger charge is 2.20. The van der Waals surface area contributed by atoms with E-state index in [1.165, 1.54) is 5.56 Å². The smallest absolute Gasteiger partial charge is 0.251 e. The van der Waals surface area contributed by atoms with E-state index in [4.69, 9.17) is 14.2 Å². The summed E-state index contributed by atoms with van der Waals surface area (Å²) in [4.78, 5) is 12.4. The standard InChI is InChI=1S/C22H25NO4/c24-22(23-13-16-12-18-4-1-2-6-21(18)27-14-16)17-7-9-19(10-8-17)26-15-20-5-3-11-25-20/h1-2,4,6-10,16,20H,3,5,11-15H2,(H,23,24). The average Bonchev–Trinajstić information content (AvgIpc) is 3.24. The van der Waals surface area contributed by atoms with Crippen molar-refractivity contribution in [3.05, 3.63) is 59.7 Å². The Morgan fingerprint density at radius 1 is 1.15 bits per heavy atom. The number of hydrogen-bond acceptors (Lipinski definition) is 4. The minimum atomic E-state index is -0.0699. The van der Waals surface area contributed by atoms with Gasteiger partial charge in [-0.05, 0) is 55.2 Å². The summed E-state index contributed by atoms with van der Waals surface area (Å²) in [6.45, 7) is 2.62. The molecule has 2 aromatic rings. The molecule has 1 N–H and O–H groups in total. The molecule has 0 aromatic heterocycles. The second-order valence-electron chi connectivity index (χ2n) is 7.17. The van der Waals surface area contributed by atoms with Crippen LogP contribution in [0.4, 0.5) is 0 Å². The number of para-hydroxylation sites is 1. The Bertz CT molecular complexity index is 768. The maximum absolute atomic E-state index is 12.4. The van der Waals surface area contributed by atoms with E-state index in [0.29, 0.717) is 25.3 Å². The maximum Gasteiger partial charge on any atom is 0.251 e. The highest BCUT2D eigenvalue weighted by Crippen LogP contribution is 2.26. The lowest BCUT2D eigenvalue weighted by Crippen LogP contribution is -2.34. The summed E-state index contributed by atoms with van der Waals surface area (Å²) >= 11 is 0. The van der Waals surface area contributed by atoms with Crippen molar-refractivity contribution in [1.29, 1.82) is 0 Å². The van der Waals surface area contributed by atoms with Gasteiger partial charge in [0.05, 0.1) is 12.7 Å². The van der Waals surface area contributed by atoms with Crippen molar-refractivity contribution in [2.75, 3.05) is 26.4 Å². The summed E-state index contributed by atoms with van der Waals surface area (Å²) in [5.74, 6) is 1.94. The Balaban J connectivity index is 1.25. The van der Waals surface area contributed by atoms with Crippen LogP contribution in [0, 0.1) is 5.92 Å². The minimum absolute atomic E-state index is 0.0699. The van der Waals surface area contributed by atoms with Crippen LogP contribution in [0.5, 0.6) is 11.5 Å². The van der Waals surface area contributed by atoms with Crippen LogP contribution >= 0.6 is 0 Å². The van der Waals surface area contributed by atoms with Crippen molar-refractivity contribution in [1.82, 2.24) is 5.32 Å². The van der Waals surface area contributed by atoms with Crippen molar-refractivity contribution in [3.8, 4) is 11.5 Å². The summed E-state index contributed by atoms with van der Waals surface area (Å²) in [5, 5.41) is 3.02. The van der Waals surface area contributed by atoms with Gasteiger partial charge >= 0.3 is 0 Å². The van der Waals surface area contributed by atoms with Crippen LogP contribution in [0.15, 0.2) is 48.5 Å². The number of fused-ring (bicyclic) bond motifs is 1. The van der Waals surface area contributed by atoms with Gasteiger partial charge in [-0.1, -0.05) is 18.2 Å². The monoisotopic (exact) mass is 367 g/mol. The van der Waals surface area contributed by atoms with Crippen molar-refractivity contribution in [2.24, 2.45) is 5.92 Å². The molecule has 142 valence electrons. The van der Waals surface area contributed by atoms with Gasteiger partial charge < -0.3 is 19.5 Å². The normalized spacial score (nSPS) is 21.2. The third kappa shape index (κ3) is 4.61. The summed E-state index contributed by atoms with van der Waals surface area (Å²) in [7, 11) is 0. The fourth-order valence-corrected chi connectivity index (χ4v) is 3.53. The fraction of sp³-hybridized carbons (Fsp3) is 0.409. The van der Waals surface area contributed by atoms with Crippen molar-refractivity contribution >= 4 is 5.91 Å². The first-order chi connectivity index (χ1) is 13.3. The van der Waals surface area contributed by atoms with Gasteiger partial charge in [-0.15, -0.1) is 0 Å². The third-order valence-corrected chi connectivity index (χ3v) is 5.08. The molecule has 5 heteroatoms. The van der Waals surface area contributed by atoms with Gasteiger partial charge in [0.2, 0.25) is 0 Å². The average molecular weight is 367 g/mol. The molecular weight excluding hydrogens is 342 g/mol. The van der Waals surface area contributed by atoms with Gasteiger partial charge in [0.1, 0.15) is 18.1 Å². The second-order valence-corrected chi connectivity index (χ2v) is 7.17. The molecule has 27 heavy (non-hydrogen) atoms. The van der Waals surface area contributed by atoms with Crippen LogP contribution in [0.25, 0.3) is 0 Å². The predicted molar refractivity (Wildman–Crippen MR) is 102 cm³/mol.